The van der Waals surface area contributed by atoms with Gasteiger partial charge in [-0.25, -0.2) is 0 Å². The first-order valence-corrected chi connectivity index (χ1v) is 7.35. The van der Waals surface area contributed by atoms with Gasteiger partial charge >= 0.3 is 7.60 Å². The fourth-order valence-electron chi connectivity index (χ4n) is 0.672. The molecule has 17 heavy (non-hydrogen) atoms. The molecule has 10 heteroatoms. The Morgan fingerprint density at radius 2 is 1.76 bits per heavy atom. The number of amides is 1. The minimum absolute atomic E-state index is 0.000478. The second kappa shape index (κ2) is 11.5. The summed E-state index contributed by atoms with van der Waals surface area (Å²) in [4.78, 5) is 10.8. The summed E-state index contributed by atoms with van der Waals surface area (Å²) >= 11 is 14.4. The van der Waals surface area contributed by atoms with Crippen LogP contribution in [0.5, 0.6) is 0 Å². The van der Waals surface area contributed by atoms with Crippen LogP contribution >= 0.6 is 42.4 Å². The summed E-state index contributed by atoms with van der Waals surface area (Å²) in [6, 6.07) is 0. The summed E-state index contributed by atoms with van der Waals surface area (Å²) in [5.41, 5.74) is 0. The lowest BCUT2D eigenvalue weighted by Crippen LogP contribution is -2.24. The Morgan fingerprint density at radius 1 is 1.35 bits per heavy atom. The van der Waals surface area contributed by atoms with Crippen molar-refractivity contribution in [3.8, 4) is 0 Å². The van der Waals surface area contributed by atoms with Crippen molar-refractivity contribution in [3.05, 3.63) is 0 Å². The maximum atomic E-state index is 11.4. The van der Waals surface area contributed by atoms with E-state index in [1.54, 1.807) is 0 Å². The molecule has 0 aromatic carbocycles. The van der Waals surface area contributed by atoms with Gasteiger partial charge in [-0.2, -0.15) is 0 Å². The van der Waals surface area contributed by atoms with Gasteiger partial charge in [0, 0.05) is 20.6 Å². The zero-order valence-corrected chi connectivity index (χ0v) is 12.5. The maximum Gasteiger partial charge on any atom is 0.330 e. The molecular formula is C7H15Cl3NO5P. The molecule has 0 saturated carbocycles. The van der Waals surface area contributed by atoms with Crippen molar-refractivity contribution in [3.63, 3.8) is 0 Å². The molecule has 0 bridgehead atoms. The number of rotatable bonds is 6. The van der Waals surface area contributed by atoms with Crippen molar-refractivity contribution >= 4 is 48.3 Å². The van der Waals surface area contributed by atoms with E-state index in [4.69, 9.17) is 39.9 Å². The number of carbonyl (C=O) groups is 1. The van der Waals surface area contributed by atoms with E-state index in [0.29, 0.717) is 0 Å². The molecule has 0 radical (unpaired) electrons. The van der Waals surface area contributed by atoms with Crippen LogP contribution in [0.15, 0.2) is 0 Å². The second-order valence-corrected chi connectivity index (χ2v) is 6.83. The summed E-state index contributed by atoms with van der Waals surface area (Å²) in [5, 5.41) is 10.5. The van der Waals surface area contributed by atoms with Crippen LogP contribution in [0.3, 0.4) is 0 Å². The molecule has 104 valence electrons. The third-order valence-corrected chi connectivity index (χ3v) is 3.33. The second-order valence-electron chi connectivity index (χ2n) is 2.46. The van der Waals surface area contributed by atoms with Crippen molar-refractivity contribution in [1.29, 1.82) is 0 Å². The fraction of sp³-hybridized carbons (Fsp3) is 0.857. The van der Waals surface area contributed by atoms with Crippen LogP contribution in [-0.4, -0.2) is 42.4 Å². The van der Waals surface area contributed by atoms with Gasteiger partial charge in [0.25, 0.3) is 0 Å². The molecule has 0 aromatic heterocycles. The first kappa shape index (κ1) is 19.8. The van der Waals surface area contributed by atoms with Crippen LogP contribution in [0.1, 0.15) is 6.42 Å². The third kappa shape index (κ3) is 14.4. The summed E-state index contributed by atoms with van der Waals surface area (Å²) in [6.45, 7) is -0.427. The zero-order valence-electron chi connectivity index (χ0n) is 9.36. The SMILES string of the molecule is COP(=O)(CCC(=O)NCO)OC.ClC(Cl)Cl. The molecule has 0 saturated heterocycles. The zero-order chi connectivity index (χ0) is 13.9. The van der Waals surface area contributed by atoms with Gasteiger partial charge in [-0.1, -0.05) is 34.8 Å². The standard InChI is InChI=1S/C6H14NO5P.CHCl3/c1-11-13(10,12-2)4-3-6(9)7-5-8;2-1(3)4/h8H,3-5H2,1-2H3,(H,7,9);1H. The normalized spacial score (nSPS) is 10.8. The van der Waals surface area contributed by atoms with Crippen LogP contribution in [0.4, 0.5) is 0 Å². The number of alkyl halides is 3. The van der Waals surface area contributed by atoms with E-state index in [-0.39, 0.29) is 12.6 Å². The molecule has 1 amide bonds. The van der Waals surface area contributed by atoms with Crippen molar-refractivity contribution < 1.29 is 23.5 Å². The van der Waals surface area contributed by atoms with Crippen LogP contribution in [0.2, 0.25) is 0 Å². The first-order valence-electron chi connectivity index (χ1n) is 4.31. The topological polar surface area (TPSA) is 84.9 Å². The number of carbonyl (C=O) groups excluding carboxylic acids is 1. The number of nitrogens with one attached hydrogen (secondary N) is 1. The molecule has 0 atom stereocenters. The van der Waals surface area contributed by atoms with Crippen molar-refractivity contribution in [2.75, 3.05) is 27.1 Å². The Labute approximate surface area is 115 Å². The molecule has 6 nitrogen and oxygen atoms in total. The van der Waals surface area contributed by atoms with Crippen LogP contribution in [0, 0.1) is 0 Å². The molecule has 0 aliphatic carbocycles. The van der Waals surface area contributed by atoms with E-state index < -0.39 is 24.5 Å². The van der Waals surface area contributed by atoms with E-state index >= 15 is 0 Å². The Kier molecular flexibility index (Phi) is 13.4. The lowest BCUT2D eigenvalue weighted by Gasteiger charge is -2.12. The third-order valence-electron chi connectivity index (χ3n) is 1.45. The number of aliphatic hydroxyl groups is 1. The van der Waals surface area contributed by atoms with Crippen LogP contribution < -0.4 is 5.32 Å². The molecule has 2 N–H and O–H groups in total. The molecule has 0 fully saturated rings. The first-order chi connectivity index (χ1) is 7.81. The van der Waals surface area contributed by atoms with Gasteiger partial charge in [-0.3, -0.25) is 9.36 Å². The predicted octanol–water partition coefficient (Wildman–Crippen LogP) is 1.91. The average Bonchev–Trinajstić information content (AvgIpc) is 2.26. The largest absolute Gasteiger partial charge is 0.377 e. The molecule has 0 aliphatic heterocycles. The minimum atomic E-state index is -3.10. The van der Waals surface area contributed by atoms with E-state index in [0.717, 1.165) is 0 Å². The monoisotopic (exact) mass is 329 g/mol. The Hall–Kier alpha value is 0.450. The lowest BCUT2D eigenvalue weighted by atomic mass is 10.5. The Bertz CT molecular complexity index is 243. The highest BCUT2D eigenvalue weighted by Gasteiger charge is 2.21. The predicted molar refractivity (Wildman–Crippen MR) is 67.7 cm³/mol. The molecular weight excluding hydrogens is 315 g/mol. The number of hydrogen-bond donors (Lipinski definition) is 2. The summed E-state index contributed by atoms with van der Waals surface area (Å²) in [7, 11) is -0.585. The van der Waals surface area contributed by atoms with Gasteiger partial charge < -0.3 is 19.5 Å². The van der Waals surface area contributed by atoms with Gasteiger partial charge in [-0.05, 0) is 0 Å². The number of halogens is 3. The number of hydrogen-bond acceptors (Lipinski definition) is 5. The van der Waals surface area contributed by atoms with Gasteiger partial charge in [0.15, 0.2) is 4.30 Å². The molecule has 0 unspecified atom stereocenters. The molecule has 0 aliphatic rings. The van der Waals surface area contributed by atoms with E-state index in [1.807, 2.05) is 0 Å². The highest BCUT2D eigenvalue weighted by atomic mass is 35.6. The Morgan fingerprint density at radius 3 is 2.06 bits per heavy atom. The van der Waals surface area contributed by atoms with Crippen molar-refractivity contribution in [2.45, 2.75) is 10.7 Å². The van der Waals surface area contributed by atoms with E-state index in [1.165, 1.54) is 14.2 Å². The van der Waals surface area contributed by atoms with Crippen molar-refractivity contribution in [2.24, 2.45) is 0 Å². The summed E-state index contributed by atoms with van der Waals surface area (Å²) in [6.07, 6.45) is 0.00531. The fourth-order valence-corrected chi connectivity index (χ4v) is 1.66. The van der Waals surface area contributed by atoms with Gasteiger partial charge in [0.1, 0.15) is 6.73 Å². The van der Waals surface area contributed by atoms with E-state index in [2.05, 4.69) is 14.4 Å². The molecule has 0 spiro atoms. The van der Waals surface area contributed by atoms with Crippen LogP contribution in [-0.2, 0) is 18.4 Å². The van der Waals surface area contributed by atoms with E-state index in [9.17, 15) is 9.36 Å². The van der Waals surface area contributed by atoms with Crippen molar-refractivity contribution in [1.82, 2.24) is 5.32 Å². The van der Waals surface area contributed by atoms with Crippen LogP contribution in [0.25, 0.3) is 0 Å². The summed E-state index contributed by atoms with van der Waals surface area (Å²) in [5.74, 6) is -0.392. The highest BCUT2D eigenvalue weighted by molar-refractivity contribution is 7.53. The minimum Gasteiger partial charge on any atom is -0.377 e. The average molecular weight is 331 g/mol. The molecule has 0 heterocycles. The van der Waals surface area contributed by atoms with Gasteiger partial charge in [0.2, 0.25) is 5.91 Å². The van der Waals surface area contributed by atoms with Gasteiger partial charge in [0.05, 0.1) is 6.16 Å². The number of aliphatic hydroxyl groups excluding tert-OH is 1. The summed E-state index contributed by atoms with van der Waals surface area (Å²) < 4.78 is 19.8. The smallest absolute Gasteiger partial charge is 0.330 e. The molecule has 0 rings (SSSR count). The molecule has 0 aromatic rings. The quantitative estimate of drug-likeness (QED) is 0.441. The Balaban J connectivity index is 0. The van der Waals surface area contributed by atoms with Gasteiger partial charge in [-0.15, -0.1) is 0 Å². The highest BCUT2D eigenvalue weighted by Crippen LogP contribution is 2.46. The maximum absolute atomic E-state index is 11.4. The lowest BCUT2D eigenvalue weighted by molar-refractivity contribution is -0.121.